The number of unbranched alkanes of at least 4 members (excludes halogenated alkanes) is 10. The monoisotopic (exact) mass is 441 g/mol. The van der Waals surface area contributed by atoms with E-state index < -0.39 is 10.1 Å². The fraction of sp³-hybridized carbons (Fsp3) is 0.696. The highest BCUT2D eigenvalue weighted by Crippen LogP contribution is 2.18. The lowest BCUT2D eigenvalue weighted by Gasteiger charge is -2.07. The van der Waals surface area contributed by atoms with Crippen LogP contribution in [0.3, 0.4) is 0 Å². The van der Waals surface area contributed by atoms with Crippen LogP contribution in [0.15, 0.2) is 34.2 Å². The molecule has 5 N–H and O–H groups in total. The van der Waals surface area contributed by atoms with Gasteiger partial charge < -0.3 is 11.5 Å². The van der Waals surface area contributed by atoms with Crippen LogP contribution in [-0.2, 0) is 16.5 Å². The average Bonchev–Trinajstić information content (AvgIpc) is 2.69. The molecule has 0 amide bonds. The van der Waals surface area contributed by atoms with E-state index in [4.69, 9.17) is 11.5 Å². The molecule has 0 saturated heterocycles. The van der Waals surface area contributed by atoms with E-state index in [9.17, 15) is 13.0 Å². The summed E-state index contributed by atoms with van der Waals surface area (Å²) in [5, 5.41) is 0. The van der Waals surface area contributed by atoms with Gasteiger partial charge in [-0.15, -0.1) is 0 Å². The summed E-state index contributed by atoms with van der Waals surface area (Å²) in [5.41, 5.74) is 10.8. The Balaban J connectivity index is 0.000000890. The smallest absolute Gasteiger partial charge is 0.294 e. The molecule has 30 heavy (non-hydrogen) atoms. The second kappa shape index (κ2) is 18.2. The maximum Gasteiger partial charge on any atom is 0.294 e. The molecule has 0 fully saturated rings. The van der Waals surface area contributed by atoms with Crippen LogP contribution in [0.2, 0.25) is 0 Å². The summed E-state index contributed by atoms with van der Waals surface area (Å²) in [4.78, 5) is 3.85. The predicted molar refractivity (Wildman–Crippen MR) is 127 cm³/mol. The van der Waals surface area contributed by atoms with Crippen molar-refractivity contribution in [3.8, 4) is 0 Å². The van der Waals surface area contributed by atoms with Crippen LogP contribution in [0.1, 0.15) is 96.5 Å². The van der Waals surface area contributed by atoms with Gasteiger partial charge in [-0.05, 0) is 30.9 Å². The number of benzene rings is 1. The molecule has 0 unspecified atom stereocenters. The van der Waals surface area contributed by atoms with Crippen molar-refractivity contribution in [1.82, 2.24) is 0 Å². The lowest BCUT2D eigenvalue weighted by atomic mass is 10.0. The van der Waals surface area contributed by atoms with Gasteiger partial charge in [-0.3, -0.25) is 9.55 Å². The van der Waals surface area contributed by atoms with E-state index in [1.165, 1.54) is 57.4 Å². The first-order valence-corrected chi connectivity index (χ1v) is 12.9. The van der Waals surface area contributed by atoms with Gasteiger partial charge in [0.1, 0.15) is 0 Å². The fourth-order valence-electron chi connectivity index (χ4n) is 3.13. The number of nitrogens with zero attached hydrogens (tertiary/aromatic N) is 1. The van der Waals surface area contributed by atoms with Crippen LogP contribution in [0, 0.1) is 0 Å². The Labute approximate surface area is 184 Å². The van der Waals surface area contributed by atoms with Crippen LogP contribution in [0.5, 0.6) is 0 Å². The van der Waals surface area contributed by atoms with Gasteiger partial charge in [-0.1, -0.05) is 96.3 Å². The van der Waals surface area contributed by atoms with Crippen molar-refractivity contribution in [2.24, 2.45) is 16.5 Å². The molecule has 0 aliphatic carbocycles. The molecule has 1 aromatic carbocycles. The SMILES string of the molecule is CCCCCCCCCCCCc1ccccc1S(=O)(=O)O.CCCCN=C(N)N. The third-order valence-electron chi connectivity index (χ3n) is 4.86. The van der Waals surface area contributed by atoms with Gasteiger partial charge in [0.2, 0.25) is 0 Å². The number of guanidine groups is 1. The molecule has 0 aliphatic heterocycles. The first-order valence-electron chi connectivity index (χ1n) is 11.4. The Hall–Kier alpha value is -1.60. The Bertz CT molecular complexity index is 672. The second-order valence-corrected chi connectivity index (χ2v) is 9.06. The van der Waals surface area contributed by atoms with E-state index >= 15 is 0 Å². The highest BCUT2D eigenvalue weighted by Gasteiger charge is 2.13. The molecular weight excluding hydrogens is 398 g/mol. The number of rotatable bonds is 15. The highest BCUT2D eigenvalue weighted by atomic mass is 32.2. The third kappa shape index (κ3) is 16.2. The zero-order chi connectivity index (χ0) is 22.7. The summed E-state index contributed by atoms with van der Waals surface area (Å²) in [6.45, 7) is 5.10. The van der Waals surface area contributed by atoms with Gasteiger partial charge in [0.15, 0.2) is 5.96 Å². The van der Waals surface area contributed by atoms with Gasteiger partial charge in [0.05, 0.1) is 4.90 Å². The second-order valence-electron chi connectivity index (χ2n) is 7.67. The molecule has 0 aliphatic rings. The molecule has 6 nitrogen and oxygen atoms in total. The minimum absolute atomic E-state index is 0.0610. The van der Waals surface area contributed by atoms with Gasteiger partial charge in [0, 0.05) is 6.54 Å². The first kappa shape index (κ1) is 28.4. The zero-order valence-corrected chi connectivity index (χ0v) is 19.8. The molecule has 0 spiro atoms. The Morgan fingerprint density at radius 1 is 0.833 bits per heavy atom. The molecule has 0 aromatic heterocycles. The summed E-state index contributed by atoms with van der Waals surface area (Å²) in [5.74, 6) is 0.193. The lowest BCUT2D eigenvalue weighted by molar-refractivity contribution is 0.481. The molecule has 1 rings (SSSR count). The molecule has 0 saturated carbocycles. The number of aliphatic imine (C=N–C) groups is 1. The number of hydrogen-bond donors (Lipinski definition) is 3. The molecule has 174 valence electrons. The van der Waals surface area contributed by atoms with Gasteiger partial charge in [-0.25, -0.2) is 0 Å². The molecule has 0 bridgehead atoms. The first-order chi connectivity index (χ1) is 14.3. The van der Waals surface area contributed by atoms with Gasteiger partial charge in [0.25, 0.3) is 10.1 Å². The lowest BCUT2D eigenvalue weighted by Crippen LogP contribution is -2.22. The quantitative estimate of drug-likeness (QED) is 0.145. The molecule has 1 aromatic rings. The van der Waals surface area contributed by atoms with E-state index in [0.29, 0.717) is 6.42 Å². The van der Waals surface area contributed by atoms with Gasteiger partial charge >= 0.3 is 0 Å². The molecular formula is C23H43N3O3S. The minimum atomic E-state index is -4.10. The number of hydrogen-bond acceptors (Lipinski definition) is 3. The van der Waals surface area contributed by atoms with Crippen LogP contribution in [0.4, 0.5) is 0 Å². The topological polar surface area (TPSA) is 119 Å². The normalized spacial score (nSPS) is 10.9. The van der Waals surface area contributed by atoms with Crippen molar-refractivity contribution in [3.05, 3.63) is 29.8 Å². The van der Waals surface area contributed by atoms with Crippen molar-refractivity contribution >= 4 is 16.1 Å². The van der Waals surface area contributed by atoms with E-state index in [2.05, 4.69) is 18.8 Å². The predicted octanol–water partition coefficient (Wildman–Crippen LogP) is 5.46. The van der Waals surface area contributed by atoms with E-state index in [1.807, 2.05) is 6.07 Å². The summed E-state index contributed by atoms with van der Waals surface area (Å²) in [7, 11) is -4.10. The van der Waals surface area contributed by atoms with Gasteiger partial charge in [-0.2, -0.15) is 8.42 Å². The molecule has 0 atom stereocenters. The molecule has 7 heteroatoms. The van der Waals surface area contributed by atoms with Crippen LogP contribution < -0.4 is 11.5 Å². The Kier molecular flexibility index (Phi) is 17.2. The Morgan fingerprint density at radius 2 is 1.33 bits per heavy atom. The van der Waals surface area contributed by atoms with Crippen molar-refractivity contribution in [1.29, 1.82) is 0 Å². The largest absolute Gasteiger partial charge is 0.370 e. The summed E-state index contributed by atoms with van der Waals surface area (Å²) in [6.07, 6.45) is 15.5. The molecule has 0 heterocycles. The van der Waals surface area contributed by atoms with E-state index in [0.717, 1.165) is 37.8 Å². The summed E-state index contributed by atoms with van der Waals surface area (Å²) >= 11 is 0. The van der Waals surface area contributed by atoms with Crippen LogP contribution in [-0.4, -0.2) is 25.5 Å². The van der Waals surface area contributed by atoms with E-state index in [1.54, 1.807) is 12.1 Å². The third-order valence-corrected chi connectivity index (χ3v) is 5.81. The molecule has 0 radical (unpaired) electrons. The Morgan fingerprint density at radius 3 is 1.83 bits per heavy atom. The van der Waals surface area contributed by atoms with Crippen LogP contribution in [0.25, 0.3) is 0 Å². The van der Waals surface area contributed by atoms with Crippen molar-refractivity contribution in [3.63, 3.8) is 0 Å². The number of nitrogens with two attached hydrogens (primary N) is 2. The van der Waals surface area contributed by atoms with Crippen molar-refractivity contribution in [2.75, 3.05) is 6.54 Å². The van der Waals surface area contributed by atoms with Crippen molar-refractivity contribution < 1.29 is 13.0 Å². The maximum atomic E-state index is 11.3. The number of aryl methyl sites for hydroxylation is 1. The standard InChI is InChI=1S/C18H30O3S.C5H13N3/c1-2-3-4-5-6-7-8-9-10-11-14-17-15-12-13-16-18(17)22(19,20)21;1-2-3-4-8-5(6)7/h12-13,15-16H,2-11,14H2,1H3,(H,19,20,21);2-4H2,1H3,(H4,6,7,8). The van der Waals surface area contributed by atoms with Crippen molar-refractivity contribution in [2.45, 2.75) is 102 Å². The summed E-state index contributed by atoms with van der Waals surface area (Å²) in [6, 6.07) is 6.73. The van der Waals surface area contributed by atoms with Crippen LogP contribution >= 0.6 is 0 Å². The average molecular weight is 442 g/mol. The highest BCUT2D eigenvalue weighted by molar-refractivity contribution is 7.85. The maximum absolute atomic E-state index is 11.3. The summed E-state index contributed by atoms with van der Waals surface area (Å²) < 4.78 is 31.8. The zero-order valence-electron chi connectivity index (χ0n) is 19.0. The fourth-order valence-corrected chi connectivity index (χ4v) is 3.88. The van der Waals surface area contributed by atoms with E-state index in [-0.39, 0.29) is 10.9 Å². The minimum Gasteiger partial charge on any atom is -0.370 e.